The van der Waals surface area contributed by atoms with Crippen molar-refractivity contribution in [3.8, 4) is 0 Å². The number of hydrogen-bond donors (Lipinski definition) is 0. The molecule has 1 aliphatic carbocycles. The summed E-state index contributed by atoms with van der Waals surface area (Å²) in [5.74, 6) is 1.44. The van der Waals surface area contributed by atoms with Crippen molar-refractivity contribution in [1.82, 2.24) is 0 Å². The SMILES string of the molecule is B[C@H]1CCC(COC)C(OC)C1. The molecule has 0 N–H and O–H groups in total. The molecule has 0 saturated heterocycles. The van der Waals surface area contributed by atoms with E-state index in [0.717, 1.165) is 12.4 Å². The summed E-state index contributed by atoms with van der Waals surface area (Å²) in [5, 5.41) is 0. The van der Waals surface area contributed by atoms with Crippen LogP contribution in [-0.2, 0) is 9.47 Å². The van der Waals surface area contributed by atoms with Gasteiger partial charge >= 0.3 is 0 Å². The summed E-state index contributed by atoms with van der Waals surface area (Å²) < 4.78 is 10.6. The highest BCUT2D eigenvalue weighted by Crippen LogP contribution is 2.32. The summed E-state index contributed by atoms with van der Waals surface area (Å²) in [6.45, 7) is 0.852. The average molecular weight is 170 g/mol. The van der Waals surface area contributed by atoms with Gasteiger partial charge in [-0.1, -0.05) is 12.2 Å². The summed E-state index contributed by atoms with van der Waals surface area (Å²) in [4.78, 5) is 0. The maximum Gasteiger partial charge on any atom is 0.105 e. The summed E-state index contributed by atoms with van der Waals surface area (Å²) in [6, 6.07) is 0. The van der Waals surface area contributed by atoms with Gasteiger partial charge in [0.2, 0.25) is 0 Å². The third-order valence-electron chi connectivity index (χ3n) is 2.87. The fraction of sp³-hybridized carbons (Fsp3) is 1.00. The second-order valence-electron chi connectivity index (χ2n) is 3.91. The van der Waals surface area contributed by atoms with Gasteiger partial charge in [0.25, 0.3) is 0 Å². The zero-order chi connectivity index (χ0) is 8.97. The predicted octanol–water partition coefficient (Wildman–Crippen LogP) is 0.869. The van der Waals surface area contributed by atoms with Crippen LogP contribution in [0.2, 0.25) is 5.82 Å². The molecule has 1 saturated carbocycles. The highest BCUT2D eigenvalue weighted by Gasteiger charge is 2.28. The van der Waals surface area contributed by atoms with Crippen LogP contribution in [0.25, 0.3) is 0 Å². The standard InChI is InChI=1S/C9H19BO2/c1-11-6-7-3-4-8(10)5-9(7)12-2/h7-9H,3-6,10H2,1-2H3/t7?,8-,9?/m0/s1. The Morgan fingerprint density at radius 3 is 2.67 bits per heavy atom. The Bertz CT molecular complexity index is 130. The first-order valence-electron chi connectivity index (χ1n) is 4.79. The van der Waals surface area contributed by atoms with Crippen molar-refractivity contribution in [1.29, 1.82) is 0 Å². The summed E-state index contributed by atoms with van der Waals surface area (Å²) in [7, 11) is 5.88. The lowest BCUT2D eigenvalue weighted by molar-refractivity contribution is -0.00925. The minimum absolute atomic E-state index is 0.425. The van der Waals surface area contributed by atoms with E-state index in [2.05, 4.69) is 7.85 Å². The van der Waals surface area contributed by atoms with Gasteiger partial charge in [0, 0.05) is 20.1 Å². The topological polar surface area (TPSA) is 18.5 Å². The Kier molecular flexibility index (Phi) is 4.09. The first-order valence-corrected chi connectivity index (χ1v) is 4.79. The van der Waals surface area contributed by atoms with Gasteiger partial charge < -0.3 is 9.47 Å². The molecule has 0 aliphatic heterocycles. The highest BCUT2D eigenvalue weighted by molar-refractivity contribution is 6.11. The lowest BCUT2D eigenvalue weighted by atomic mass is 9.70. The van der Waals surface area contributed by atoms with E-state index in [0.29, 0.717) is 12.0 Å². The monoisotopic (exact) mass is 170 g/mol. The molecule has 0 heterocycles. The smallest absolute Gasteiger partial charge is 0.105 e. The van der Waals surface area contributed by atoms with E-state index in [-0.39, 0.29) is 0 Å². The van der Waals surface area contributed by atoms with Crippen molar-refractivity contribution in [2.75, 3.05) is 20.8 Å². The lowest BCUT2D eigenvalue weighted by Gasteiger charge is -2.33. The maximum atomic E-state index is 5.45. The van der Waals surface area contributed by atoms with Crippen molar-refractivity contribution in [3.63, 3.8) is 0 Å². The number of rotatable bonds is 3. The van der Waals surface area contributed by atoms with Crippen molar-refractivity contribution < 1.29 is 9.47 Å². The summed E-state index contributed by atoms with van der Waals surface area (Å²) in [6.07, 6.45) is 4.21. The molecule has 1 rings (SSSR count). The molecule has 0 amide bonds. The van der Waals surface area contributed by atoms with Crippen LogP contribution in [0.4, 0.5) is 0 Å². The minimum atomic E-state index is 0.425. The van der Waals surface area contributed by atoms with Crippen LogP contribution < -0.4 is 0 Å². The minimum Gasteiger partial charge on any atom is -0.384 e. The van der Waals surface area contributed by atoms with Gasteiger partial charge in [0.1, 0.15) is 7.85 Å². The van der Waals surface area contributed by atoms with E-state index in [1.54, 1.807) is 7.11 Å². The molecule has 12 heavy (non-hydrogen) atoms. The first-order chi connectivity index (χ1) is 5.77. The molecule has 1 fully saturated rings. The largest absolute Gasteiger partial charge is 0.384 e. The van der Waals surface area contributed by atoms with Crippen LogP contribution in [0.3, 0.4) is 0 Å². The average Bonchev–Trinajstić information content (AvgIpc) is 2.08. The van der Waals surface area contributed by atoms with E-state index >= 15 is 0 Å². The molecule has 1 aliphatic rings. The van der Waals surface area contributed by atoms with Crippen LogP contribution >= 0.6 is 0 Å². The van der Waals surface area contributed by atoms with Crippen molar-refractivity contribution >= 4 is 7.85 Å². The predicted molar refractivity (Wildman–Crippen MR) is 52.3 cm³/mol. The Balaban J connectivity index is 2.39. The third kappa shape index (κ3) is 2.49. The van der Waals surface area contributed by atoms with Crippen LogP contribution in [-0.4, -0.2) is 34.8 Å². The fourth-order valence-corrected chi connectivity index (χ4v) is 2.08. The Morgan fingerprint density at radius 2 is 2.08 bits per heavy atom. The second-order valence-corrected chi connectivity index (χ2v) is 3.91. The molecule has 70 valence electrons. The van der Waals surface area contributed by atoms with Crippen LogP contribution in [0.1, 0.15) is 19.3 Å². The van der Waals surface area contributed by atoms with Gasteiger partial charge in [0.15, 0.2) is 0 Å². The summed E-state index contributed by atoms with van der Waals surface area (Å²) in [5.41, 5.74) is 0. The first kappa shape index (κ1) is 10.1. The molecule has 0 aromatic rings. The maximum absolute atomic E-state index is 5.45. The van der Waals surface area contributed by atoms with E-state index in [1.807, 2.05) is 7.11 Å². The van der Waals surface area contributed by atoms with Gasteiger partial charge in [-0.3, -0.25) is 0 Å². The van der Waals surface area contributed by atoms with Crippen molar-refractivity contribution in [2.24, 2.45) is 5.92 Å². The lowest BCUT2D eigenvalue weighted by Crippen LogP contribution is -2.32. The Hall–Kier alpha value is -0.0151. The highest BCUT2D eigenvalue weighted by atomic mass is 16.5. The summed E-state index contributed by atoms with van der Waals surface area (Å²) >= 11 is 0. The quantitative estimate of drug-likeness (QED) is 0.585. The molecule has 0 aromatic carbocycles. The van der Waals surface area contributed by atoms with Gasteiger partial charge in [-0.2, -0.15) is 0 Å². The van der Waals surface area contributed by atoms with E-state index < -0.39 is 0 Å². The van der Waals surface area contributed by atoms with Gasteiger partial charge in [-0.15, -0.1) is 0 Å². The Morgan fingerprint density at radius 1 is 1.33 bits per heavy atom. The second kappa shape index (κ2) is 4.88. The van der Waals surface area contributed by atoms with E-state index in [9.17, 15) is 0 Å². The van der Waals surface area contributed by atoms with Crippen LogP contribution in [0.5, 0.6) is 0 Å². The van der Waals surface area contributed by atoms with E-state index in [4.69, 9.17) is 9.47 Å². The normalized spacial score (nSPS) is 36.7. The molecule has 2 nitrogen and oxygen atoms in total. The zero-order valence-corrected chi connectivity index (χ0v) is 8.38. The molecule has 0 aromatic heterocycles. The number of methoxy groups -OCH3 is 2. The van der Waals surface area contributed by atoms with Gasteiger partial charge in [0.05, 0.1) is 12.7 Å². The zero-order valence-electron chi connectivity index (χ0n) is 8.38. The molecule has 0 bridgehead atoms. The molecule has 0 radical (unpaired) electrons. The van der Waals surface area contributed by atoms with Crippen molar-refractivity contribution in [3.05, 3.63) is 0 Å². The molecular formula is C9H19BO2. The number of hydrogen-bond acceptors (Lipinski definition) is 2. The number of ether oxygens (including phenoxy) is 2. The van der Waals surface area contributed by atoms with Crippen LogP contribution in [0.15, 0.2) is 0 Å². The van der Waals surface area contributed by atoms with Crippen LogP contribution in [0, 0.1) is 5.92 Å². The molecule has 0 spiro atoms. The van der Waals surface area contributed by atoms with Gasteiger partial charge in [-0.25, -0.2) is 0 Å². The molecular weight excluding hydrogens is 151 g/mol. The van der Waals surface area contributed by atoms with Gasteiger partial charge in [-0.05, 0) is 12.8 Å². The fourth-order valence-electron chi connectivity index (χ4n) is 2.08. The third-order valence-corrected chi connectivity index (χ3v) is 2.87. The Labute approximate surface area is 76.0 Å². The molecule has 2 unspecified atom stereocenters. The van der Waals surface area contributed by atoms with E-state index in [1.165, 1.54) is 19.3 Å². The molecule has 3 atom stereocenters. The van der Waals surface area contributed by atoms with Crippen molar-refractivity contribution in [2.45, 2.75) is 31.2 Å². The molecule has 3 heteroatoms.